The fraction of sp³-hybridized carbons (Fsp3) is 0.417. The summed E-state index contributed by atoms with van der Waals surface area (Å²) < 4.78 is 1.11. The maximum absolute atomic E-state index is 5.19. The summed E-state index contributed by atoms with van der Waals surface area (Å²) in [5.74, 6) is 0. The van der Waals surface area contributed by atoms with E-state index in [0.29, 0.717) is 5.11 Å². The quantitative estimate of drug-likeness (QED) is 0.652. The lowest BCUT2D eigenvalue weighted by molar-refractivity contribution is 0.758. The molecule has 1 aromatic carbocycles. The van der Waals surface area contributed by atoms with Crippen LogP contribution in [0.4, 0.5) is 5.69 Å². The van der Waals surface area contributed by atoms with Crippen molar-refractivity contribution in [2.75, 3.05) is 11.9 Å². The van der Waals surface area contributed by atoms with Crippen LogP contribution in [0.2, 0.25) is 0 Å². The van der Waals surface area contributed by atoms with Gasteiger partial charge in [0.2, 0.25) is 0 Å². The zero-order chi connectivity index (χ0) is 12.0. The highest BCUT2D eigenvalue weighted by Crippen LogP contribution is 2.19. The van der Waals surface area contributed by atoms with Crippen LogP contribution in [0, 0.1) is 6.92 Å². The van der Waals surface area contributed by atoms with Gasteiger partial charge in [-0.15, -0.1) is 0 Å². The summed E-state index contributed by atoms with van der Waals surface area (Å²) in [5.41, 5.74) is 2.22. The van der Waals surface area contributed by atoms with Crippen LogP contribution in [0.15, 0.2) is 22.7 Å². The van der Waals surface area contributed by atoms with Gasteiger partial charge in [0.15, 0.2) is 5.11 Å². The van der Waals surface area contributed by atoms with Crippen LogP contribution in [0.25, 0.3) is 0 Å². The Bertz CT molecular complexity index is 366. The molecule has 0 aromatic heterocycles. The van der Waals surface area contributed by atoms with Gasteiger partial charge in [0, 0.05) is 16.7 Å². The van der Waals surface area contributed by atoms with Crippen LogP contribution in [-0.2, 0) is 0 Å². The Balaban J connectivity index is 2.46. The van der Waals surface area contributed by atoms with Crippen LogP contribution in [-0.4, -0.2) is 11.7 Å². The number of aryl methyl sites for hydroxylation is 1. The van der Waals surface area contributed by atoms with Crippen LogP contribution in [0.5, 0.6) is 0 Å². The third-order valence-electron chi connectivity index (χ3n) is 2.23. The maximum atomic E-state index is 5.19. The summed E-state index contributed by atoms with van der Waals surface area (Å²) in [7, 11) is 0. The maximum Gasteiger partial charge on any atom is 0.170 e. The molecule has 1 rings (SSSR count). The van der Waals surface area contributed by atoms with Gasteiger partial charge in [-0.25, -0.2) is 0 Å². The van der Waals surface area contributed by atoms with Gasteiger partial charge in [-0.2, -0.15) is 0 Å². The molecule has 0 aliphatic carbocycles. The molecule has 0 bridgehead atoms. The molecule has 0 aliphatic rings. The van der Waals surface area contributed by atoms with Crippen LogP contribution in [0.1, 0.15) is 25.3 Å². The molecular formula is C12H17BrN2S. The second kappa shape index (κ2) is 6.86. The zero-order valence-electron chi connectivity index (χ0n) is 9.64. The third-order valence-corrected chi connectivity index (χ3v) is 3.37. The summed E-state index contributed by atoms with van der Waals surface area (Å²) in [6, 6.07) is 6.09. The standard InChI is InChI=1S/C12H17BrN2S/c1-3-4-7-14-12(16)15-10-5-6-11(13)9(2)8-10/h5-6,8H,3-4,7H2,1-2H3,(H2,14,15,16). The highest BCUT2D eigenvalue weighted by molar-refractivity contribution is 9.10. The summed E-state index contributed by atoms with van der Waals surface area (Å²) in [5, 5.41) is 7.03. The van der Waals surface area contributed by atoms with E-state index < -0.39 is 0 Å². The number of anilines is 1. The Morgan fingerprint density at radius 3 is 2.81 bits per heavy atom. The smallest absolute Gasteiger partial charge is 0.170 e. The van der Waals surface area contributed by atoms with Crippen molar-refractivity contribution in [3.05, 3.63) is 28.2 Å². The number of rotatable bonds is 4. The first kappa shape index (κ1) is 13.5. The first-order valence-electron chi connectivity index (χ1n) is 5.44. The molecule has 4 heteroatoms. The fourth-order valence-electron chi connectivity index (χ4n) is 1.28. The van der Waals surface area contributed by atoms with E-state index in [4.69, 9.17) is 12.2 Å². The lowest BCUT2D eigenvalue weighted by Crippen LogP contribution is -2.29. The van der Waals surface area contributed by atoms with Gasteiger partial charge < -0.3 is 10.6 Å². The van der Waals surface area contributed by atoms with E-state index in [1.54, 1.807) is 0 Å². The summed E-state index contributed by atoms with van der Waals surface area (Å²) in [4.78, 5) is 0. The summed E-state index contributed by atoms with van der Waals surface area (Å²) >= 11 is 8.66. The Hall–Kier alpha value is -0.610. The minimum absolute atomic E-state index is 0.690. The van der Waals surface area contributed by atoms with Crippen LogP contribution in [0.3, 0.4) is 0 Å². The van der Waals surface area contributed by atoms with E-state index in [1.807, 2.05) is 12.1 Å². The average molecular weight is 301 g/mol. The minimum Gasteiger partial charge on any atom is -0.362 e. The number of halogens is 1. The number of thiocarbonyl (C=S) groups is 1. The minimum atomic E-state index is 0.690. The second-order valence-electron chi connectivity index (χ2n) is 3.70. The summed E-state index contributed by atoms with van der Waals surface area (Å²) in [6.45, 7) is 5.15. The van der Waals surface area contributed by atoms with Gasteiger partial charge in [0.05, 0.1) is 0 Å². The Morgan fingerprint density at radius 2 is 2.19 bits per heavy atom. The number of unbranched alkanes of at least 4 members (excludes halogenated alkanes) is 1. The third kappa shape index (κ3) is 4.49. The predicted octanol–water partition coefficient (Wildman–Crippen LogP) is 3.84. The van der Waals surface area contributed by atoms with Gasteiger partial charge >= 0.3 is 0 Å². The van der Waals surface area contributed by atoms with E-state index in [9.17, 15) is 0 Å². The molecule has 0 atom stereocenters. The van der Waals surface area contributed by atoms with Crippen molar-refractivity contribution in [3.63, 3.8) is 0 Å². The first-order chi connectivity index (χ1) is 7.63. The largest absolute Gasteiger partial charge is 0.362 e. The molecule has 2 nitrogen and oxygen atoms in total. The fourth-order valence-corrected chi connectivity index (χ4v) is 1.74. The molecule has 0 aliphatic heterocycles. The van der Waals surface area contributed by atoms with Crippen molar-refractivity contribution in [1.29, 1.82) is 0 Å². The van der Waals surface area contributed by atoms with Crippen molar-refractivity contribution in [2.24, 2.45) is 0 Å². The molecule has 0 saturated carbocycles. The highest BCUT2D eigenvalue weighted by Gasteiger charge is 1.99. The van der Waals surface area contributed by atoms with Crippen molar-refractivity contribution in [1.82, 2.24) is 5.32 Å². The Morgan fingerprint density at radius 1 is 1.44 bits per heavy atom. The lowest BCUT2D eigenvalue weighted by Gasteiger charge is -2.11. The molecule has 0 heterocycles. The lowest BCUT2D eigenvalue weighted by atomic mass is 10.2. The average Bonchev–Trinajstić information content (AvgIpc) is 2.24. The number of nitrogens with one attached hydrogen (secondary N) is 2. The first-order valence-corrected chi connectivity index (χ1v) is 6.64. The van der Waals surface area contributed by atoms with Crippen molar-refractivity contribution >= 4 is 38.9 Å². The van der Waals surface area contributed by atoms with Gasteiger partial charge in [0.1, 0.15) is 0 Å². The van der Waals surface area contributed by atoms with Crippen LogP contribution >= 0.6 is 28.1 Å². The van der Waals surface area contributed by atoms with Gasteiger partial charge in [-0.3, -0.25) is 0 Å². The topological polar surface area (TPSA) is 24.1 Å². The van der Waals surface area contributed by atoms with Crippen LogP contribution < -0.4 is 10.6 Å². The van der Waals surface area contributed by atoms with Gasteiger partial charge in [-0.05, 0) is 49.3 Å². The molecular weight excluding hydrogens is 284 g/mol. The molecule has 1 aromatic rings. The zero-order valence-corrected chi connectivity index (χ0v) is 12.0. The van der Waals surface area contributed by atoms with Crippen molar-refractivity contribution in [2.45, 2.75) is 26.7 Å². The van der Waals surface area contributed by atoms with E-state index in [0.717, 1.165) is 23.1 Å². The Kier molecular flexibility index (Phi) is 5.77. The molecule has 88 valence electrons. The van der Waals surface area contributed by atoms with E-state index in [-0.39, 0.29) is 0 Å². The molecule has 0 spiro atoms. The Labute approximate surface area is 111 Å². The van der Waals surface area contributed by atoms with Crippen molar-refractivity contribution < 1.29 is 0 Å². The van der Waals surface area contributed by atoms with E-state index in [2.05, 4.69) is 46.5 Å². The molecule has 0 saturated heterocycles. The highest BCUT2D eigenvalue weighted by atomic mass is 79.9. The van der Waals surface area contributed by atoms with Gasteiger partial charge in [0.25, 0.3) is 0 Å². The number of benzene rings is 1. The molecule has 2 N–H and O–H groups in total. The van der Waals surface area contributed by atoms with E-state index in [1.165, 1.54) is 12.0 Å². The van der Waals surface area contributed by atoms with E-state index >= 15 is 0 Å². The number of hydrogen-bond acceptors (Lipinski definition) is 1. The SMILES string of the molecule is CCCCNC(=S)Nc1ccc(Br)c(C)c1. The van der Waals surface area contributed by atoms with Crippen molar-refractivity contribution in [3.8, 4) is 0 Å². The molecule has 0 amide bonds. The molecule has 0 fully saturated rings. The number of hydrogen-bond donors (Lipinski definition) is 2. The second-order valence-corrected chi connectivity index (χ2v) is 4.96. The monoisotopic (exact) mass is 300 g/mol. The van der Waals surface area contributed by atoms with Gasteiger partial charge in [-0.1, -0.05) is 29.3 Å². The molecule has 0 radical (unpaired) electrons. The summed E-state index contributed by atoms with van der Waals surface area (Å²) in [6.07, 6.45) is 2.31. The predicted molar refractivity (Wildman–Crippen MR) is 78.0 cm³/mol. The molecule has 0 unspecified atom stereocenters. The molecule has 16 heavy (non-hydrogen) atoms. The normalized spacial score (nSPS) is 9.94.